The minimum absolute atomic E-state index is 0.105. The lowest BCUT2D eigenvalue weighted by molar-refractivity contribution is 0.00700. The van der Waals surface area contributed by atoms with Gasteiger partial charge < -0.3 is 25.6 Å². The third kappa shape index (κ3) is 6.16. The number of ether oxygens (including phenoxy) is 1. The molecule has 27 heavy (non-hydrogen) atoms. The largest absolute Gasteiger partial charge is 0.444 e. The number of guanidine groups is 1. The van der Waals surface area contributed by atoms with E-state index in [1.807, 2.05) is 32.9 Å². The van der Waals surface area contributed by atoms with Crippen LogP contribution >= 0.6 is 0 Å². The Balaban J connectivity index is 1.76. The average Bonchev–Trinajstić information content (AvgIpc) is 2.58. The maximum atomic E-state index is 12.0. The number of likely N-dealkylation sites (tertiary alicyclic amines) is 1. The smallest absolute Gasteiger partial charge is 0.410 e. The lowest BCUT2D eigenvalue weighted by Crippen LogP contribution is -2.63. The Morgan fingerprint density at radius 1 is 1.22 bits per heavy atom. The highest BCUT2D eigenvalue weighted by molar-refractivity contribution is 5.93. The van der Waals surface area contributed by atoms with Crippen LogP contribution < -0.4 is 16.0 Å². The number of carbonyl (C=O) groups excluding carboxylic acids is 2. The predicted molar refractivity (Wildman–Crippen MR) is 105 cm³/mol. The van der Waals surface area contributed by atoms with Crippen LogP contribution in [0, 0.1) is 0 Å². The van der Waals surface area contributed by atoms with Gasteiger partial charge in [-0.2, -0.15) is 0 Å². The molecule has 0 aliphatic carbocycles. The summed E-state index contributed by atoms with van der Waals surface area (Å²) < 4.78 is 5.35. The minimum Gasteiger partial charge on any atom is -0.444 e. The normalized spacial score (nSPS) is 15.0. The third-order valence-electron chi connectivity index (χ3n) is 4.00. The van der Waals surface area contributed by atoms with Gasteiger partial charge in [0.1, 0.15) is 5.60 Å². The van der Waals surface area contributed by atoms with Crippen molar-refractivity contribution in [3.05, 3.63) is 35.4 Å². The van der Waals surface area contributed by atoms with E-state index in [2.05, 4.69) is 20.9 Å². The number of nitrogens with one attached hydrogen (secondary N) is 3. The first-order chi connectivity index (χ1) is 12.7. The first kappa shape index (κ1) is 20.5. The SMILES string of the molecule is CN=C(NCc1ccc(C(=O)NC)cc1)NC1CN(C(=O)OC(C)(C)C)C1. The van der Waals surface area contributed by atoms with E-state index in [9.17, 15) is 9.59 Å². The second-order valence-corrected chi connectivity index (χ2v) is 7.43. The van der Waals surface area contributed by atoms with Crippen LogP contribution in [0.4, 0.5) is 4.79 Å². The lowest BCUT2D eigenvalue weighted by atomic mass is 10.1. The zero-order chi connectivity index (χ0) is 20.0. The zero-order valence-electron chi connectivity index (χ0n) is 16.6. The molecule has 0 atom stereocenters. The van der Waals surface area contributed by atoms with E-state index in [1.165, 1.54) is 0 Å². The van der Waals surface area contributed by atoms with Crippen molar-refractivity contribution in [2.45, 2.75) is 39.0 Å². The standard InChI is InChI=1S/C19H29N5O3/c1-19(2,3)27-18(26)24-11-15(12-24)23-17(21-5)22-10-13-6-8-14(9-7-13)16(25)20-4/h6-9,15H,10-12H2,1-5H3,(H,20,25)(H2,21,22,23). The highest BCUT2D eigenvalue weighted by atomic mass is 16.6. The van der Waals surface area contributed by atoms with Crippen molar-refractivity contribution >= 4 is 18.0 Å². The molecule has 1 saturated heterocycles. The van der Waals surface area contributed by atoms with Gasteiger partial charge in [0.2, 0.25) is 0 Å². The fourth-order valence-electron chi connectivity index (χ4n) is 2.54. The molecule has 1 fully saturated rings. The molecule has 2 rings (SSSR count). The van der Waals surface area contributed by atoms with E-state index in [-0.39, 0.29) is 18.0 Å². The molecule has 0 aromatic heterocycles. The number of nitrogens with zero attached hydrogens (tertiary/aromatic N) is 2. The lowest BCUT2D eigenvalue weighted by Gasteiger charge is -2.40. The van der Waals surface area contributed by atoms with Gasteiger partial charge in [-0.25, -0.2) is 4.79 Å². The molecule has 0 radical (unpaired) electrons. The fraction of sp³-hybridized carbons (Fsp3) is 0.526. The molecule has 1 aliphatic rings. The molecule has 8 heteroatoms. The highest BCUT2D eigenvalue weighted by Gasteiger charge is 2.34. The van der Waals surface area contributed by atoms with Gasteiger partial charge in [0.15, 0.2) is 5.96 Å². The number of hydrogen-bond donors (Lipinski definition) is 3. The minimum atomic E-state index is -0.486. The maximum absolute atomic E-state index is 12.0. The van der Waals surface area contributed by atoms with Crippen LogP contribution in [0.15, 0.2) is 29.3 Å². The Hall–Kier alpha value is -2.77. The second-order valence-electron chi connectivity index (χ2n) is 7.43. The molecule has 148 valence electrons. The molecule has 1 aliphatic heterocycles. The van der Waals surface area contributed by atoms with Crippen LogP contribution in [-0.2, 0) is 11.3 Å². The van der Waals surface area contributed by atoms with Crippen LogP contribution in [0.2, 0.25) is 0 Å². The van der Waals surface area contributed by atoms with E-state index < -0.39 is 5.60 Å². The van der Waals surface area contributed by atoms with Gasteiger partial charge in [0, 0.05) is 39.3 Å². The molecular weight excluding hydrogens is 346 g/mol. The Kier molecular flexibility index (Phi) is 6.65. The van der Waals surface area contributed by atoms with E-state index >= 15 is 0 Å². The highest BCUT2D eigenvalue weighted by Crippen LogP contribution is 2.15. The van der Waals surface area contributed by atoms with E-state index in [4.69, 9.17) is 4.74 Å². The number of carbonyl (C=O) groups is 2. The van der Waals surface area contributed by atoms with Gasteiger partial charge in [-0.1, -0.05) is 12.1 Å². The van der Waals surface area contributed by atoms with Gasteiger partial charge in [-0.15, -0.1) is 0 Å². The Labute approximate surface area is 160 Å². The molecule has 0 bridgehead atoms. The summed E-state index contributed by atoms with van der Waals surface area (Å²) in [6.07, 6.45) is -0.292. The zero-order valence-corrected chi connectivity index (χ0v) is 16.6. The van der Waals surface area contributed by atoms with Crippen molar-refractivity contribution in [2.75, 3.05) is 27.2 Å². The van der Waals surface area contributed by atoms with Gasteiger partial charge in [-0.3, -0.25) is 9.79 Å². The summed E-state index contributed by atoms with van der Waals surface area (Å²) in [4.78, 5) is 29.4. The summed E-state index contributed by atoms with van der Waals surface area (Å²) in [5.41, 5.74) is 1.18. The summed E-state index contributed by atoms with van der Waals surface area (Å²) in [5.74, 6) is 0.561. The average molecular weight is 375 g/mol. The number of amides is 2. The molecule has 0 saturated carbocycles. The van der Waals surface area contributed by atoms with Crippen LogP contribution in [0.5, 0.6) is 0 Å². The third-order valence-corrected chi connectivity index (χ3v) is 4.00. The molecule has 1 aromatic carbocycles. The number of rotatable bonds is 4. The van der Waals surface area contributed by atoms with E-state index in [0.29, 0.717) is 31.2 Å². The van der Waals surface area contributed by atoms with Crippen LogP contribution in [0.25, 0.3) is 0 Å². The molecule has 0 spiro atoms. The van der Waals surface area contributed by atoms with Crippen molar-refractivity contribution in [2.24, 2.45) is 4.99 Å². The van der Waals surface area contributed by atoms with Gasteiger partial charge in [0.25, 0.3) is 5.91 Å². The molecule has 3 N–H and O–H groups in total. The van der Waals surface area contributed by atoms with Crippen molar-refractivity contribution in [3.63, 3.8) is 0 Å². The van der Waals surface area contributed by atoms with E-state index in [0.717, 1.165) is 5.56 Å². The Morgan fingerprint density at radius 2 is 1.85 bits per heavy atom. The van der Waals surface area contributed by atoms with Crippen LogP contribution in [-0.4, -0.2) is 61.7 Å². The molecule has 0 unspecified atom stereocenters. The summed E-state index contributed by atoms with van der Waals surface area (Å²) in [5, 5.41) is 9.12. The van der Waals surface area contributed by atoms with Gasteiger partial charge in [0.05, 0.1) is 6.04 Å². The van der Waals surface area contributed by atoms with Crippen LogP contribution in [0.1, 0.15) is 36.7 Å². The summed E-state index contributed by atoms with van der Waals surface area (Å²) in [7, 11) is 3.31. The molecule has 1 heterocycles. The maximum Gasteiger partial charge on any atom is 0.410 e. The summed E-state index contributed by atoms with van der Waals surface area (Å²) >= 11 is 0. The Morgan fingerprint density at radius 3 is 2.37 bits per heavy atom. The van der Waals surface area contributed by atoms with Crippen molar-refractivity contribution in [1.82, 2.24) is 20.9 Å². The van der Waals surface area contributed by atoms with Crippen molar-refractivity contribution in [1.29, 1.82) is 0 Å². The van der Waals surface area contributed by atoms with Gasteiger partial charge in [-0.05, 0) is 38.5 Å². The molecule has 8 nitrogen and oxygen atoms in total. The molecular formula is C19H29N5O3. The monoisotopic (exact) mass is 375 g/mol. The van der Waals surface area contributed by atoms with Gasteiger partial charge >= 0.3 is 6.09 Å². The topological polar surface area (TPSA) is 95.1 Å². The molecule has 1 aromatic rings. The Bertz CT molecular complexity index is 688. The predicted octanol–water partition coefficient (Wildman–Crippen LogP) is 1.33. The second kappa shape index (κ2) is 8.75. The quantitative estimate of drug-likeness (QED) is 0.545. The summed E-state index contributed by atoms with van der Waals surface area (Å²) in [6, 6.07) is 7.52. The van der Waals surface area contributed by atoms with Crippen LogP contribution in [0.3, 0.4) is 0 Å². The number of benzene rings is 1. The number of aliphatic imine (C=N–C) groups is 1. The van der Waals surface area contributed by atoms with Crippen molar-refractivity contribution in [3.8, 4) is 0 Å². The first-order valence-electron chi connectivity index (χ1n) is 8.98. The summed E-state index contributed by atoms with van der Waals surface area (Å²) in [6.45, 7) is 7.30. The fourth-order valence-corrected chi connectivity index (χ4v) is 2.54. The number of hydrogen-bond acceptors (Lipinski definition) is 4. The van der Waals surface area contributed by atoms with E-state index in [1.54, 1.807) is 31.1 Å². The first-order valence-corrected chi connectivity index (χ1v) is 8.98. The molecule has 2 amide bonds. The van der Waals surface area contributed by atoms with Crippen molar-refractivity contribution < 1.29 is 14.3 Å².